The first-order chi connectivity index (χ1) is 12.4. The molecule has 0 radical (unpaired) electrons. The van der Waals surface area contributed by atoms with Gasteiger partial charge in [0.15, 0.2) is 0 Å². The zero-order valence-electron chi connectivity index (χ0n) is 14.0. The van der Waals surface area contributed by atoms with Gasteiger partial charge in [0.2, 0.25) is 0 Å². The number of amides is 1. The average molecular weight is 391 g/mol. The molecule has 7 nitrogen and oxygen atoms in total. The van der Waals surface area contributed by atoms with E-state index >= 15 is 0 Å². The van der Waals surface area contributed by atoms with E-state index in [0.29, 0.717) is 14.8 Å². The van der Waals surface area contributed by atoms with Gasteiger partial charge < -0.3 is 9.88 Å². The molecule has 0 atom stereocenters. The molecule has 9 heteroatoms. The smallest absolute Gasteiger partial charge is 0.272 e. The molecule has 0 bridgehead atoms. The molecule has 0 saturated carbocycles. The predicted octanol–water partition coefficient (Wildman–Crippen LogP) is 4.04. The van der Waals surface area contributed by atoms with Gasteiger partial charge in [-0.15, -0.1) is 11.3 Å². The van der Waals surface area contributed by atoms with Crippen LogP contribution in [-0.4, -0.2) is 20.4 Å². The Labute approximate surface area is 158 Å². The fraction of sp³-hybridized carbons (Fsp3) is 0.176. The van der Waals surface area contributed by atoms with Gasteiger partial charge in [-0.1, -0.05) is 11.6 Å². The summed E-state index contributed by atoms with van der Waals surface area (Å²) in [4.78, 5) is 27.5. The van der Waals surface area contributed by atoms with Crippen LogP contribution in [0.4, 0.5) is 5.69 Å². The van der Waals surface area contributed by atoms with Crippen molar-refractivity contribution in [2.75, 3.05) is 0 Å². The largest absolute Gasteiger partial charge is 0.346 e. The van der Waals surface area contributed by atoms with Gasteiger partial charge in [-0.3, -0.25) is 14.9 Å². The molecule has 0 spiro atoms. The summed E-state index contributed by atoms with van der Waals surface area (Å²) in [6.07, 6.45) is 1.64. The number of carbonyl (C=O) groups is 1. The van der Waals surface area contributed by atoms with Crippen LogP contribution >= 0.6 is 22.9 Å². The monoisotopic (exact) mass is 390 g/mol. The van der Waals surface area contributed by atoms with Gasteiger partial charge in [0.1, 0.15) is 0 Å². The van der Waals surface area contributed by atoms with Crippen LogP contribution in [0.15, 0.2) is 36.7 Å². The van der Waals surface area contributed by atoms with Crippen LogP contribution in [0.5, 0.6) is 0 Å². The third-order valence-corrected chi connectivity index (χ3v) is 5.21. The maximum Gasteiger partial charge on any atom is 0.272 e. The fourth-order valence-electron chi connectivity index (χ4n) is 2.56. The number of nitro benzene ring substituents is 1. The molecule has 3 rings (SSSR count). The van der Waals surface area contributed by atoms with E-state index in [1.807, 2.05) is 11.5 Å². The molecule has 0 unspecified atom stereocenters. The summed E-state index contributed by atoms with van der Waals surface area (Å²) in [7, 11) is 0. The number of thiophene rings is 1. The van der Waals surface area contributed by atoms with E-state index in [2.05, 4.69) is 10.3 Å². The van der Waals surface area contributed by atoms with Gasteiger partial charge in [0.25, 0.3) is 11.6 Å². The maximum atomic E-state index is 12.1. The molecule has 0 fully saturated rings. The summed E-state index contributed by atoms with van der Waals surface area (Å²) in [5.41, 5.74) is 3.00. The summed E-state index contributed by atoms with van der Waals surface area (Å²) >= 11 is 7.06. The molecule has 1 N–H and O–H groups in total. The van der Waals surface area contributed by atoms with Gasteiger partial charge in [0.05, 0.1) is 32.7 Å². The molecule has 0 saturated heterocycles. The van der Waals surface area contributed by atoms with Crippen molar-refractivity contribution in [3.8, 4) is 5.69 Å². The number of nitro groups is 1. The highest BCUT2D eigenvalue weighted by Crippen LogP contribution is 2.23. The highest BCUT2D eigenvalue weighted by Gasteiger charge is 2.15. The molecule has 0 aliphatic carbocycles. The van der Waals surface area contributed by atoms with Gasteiger partial charge in [-0.2, -0.15) is 0 Å². The molecule has 26 heavy (non-hydrogen) atoms. The maximum absolute atomic E-state index is 12.1. The summed E-state index contributed by atoms with van der Waals surface area (Å²) < 4.78 is 2.39. The third kappa shape index (κ3) is 3.61. The minimum absolute atomic E-state index is 0.0774. The Kier molecular flexibility index (Phi) is 5.06. The third-order valence-electron chi connectivity index (χ3n) is 3.98. The van der Waals surface area contributed by atoms with Crippen LogP contribution in [0.3, 0.4) is 0 Å². The SMILES string of the molecule is Cc1cc(-n2cnc(CNC(=O)c3ccc(Cl)s3)c2C)ccc1[N+](=O)[O-]. The van der Waals surface area contributed by atoms with E-state index in [4.69, 9.17) is 11.6 Å². The summed E-state index contributed by atoms with van der Waals surface area (Å²) in [6, 6.07) is 8.25. The minimum atomic E-state index is -0.405. The standard InChI is InChI=1S/C17H15ClN4O3S/c1-10-7-12(3-4-14(10)22(24)25)21-9-20-13(11(21)2)8-19-17(23)15-5-6-16(18)26-15/h3-7,9H,8H2,1-2H3,(H,19,23). The van der Waals surface area contributed by atoms with Gasteiger partial charge in [-0.25, -0.2) is 4.98 Å². The van der Waals surface area contributed by atoms with E-state index in [1.54, 1.807) is 37.5 Å². The van der Waals surface area contributed by atoms with Crippen LogP contribution in [0.1, 0.15) is 26.6 Å². The number of hydrogen-bond donors (Lipinski definition) is 1. The van der Waals surface area contributed by atoms with Crippen LogP contribution < -0.4 is 5.32 Å². The van der Waals surface area contributed by atoms with Crippen LogP contribution in [-0.2, 0) is 6.54 Å². The Morgan fingerprint density at radius 2 is 2.12 bits per heavy atom. The number of halogens is 1. The zero-order valence-corrected chi connectivity index (χ0v) is 15.6. The van der Waals surface area contributed by atoms with E-state index in [-0.39, 0.29) is 18.1 Å². The molecule has 0 aliphatic heterocycles. The number of imidazole rings is 1. The lowest BCUT2D eigenvalue weighted by Crippen LogP contribution is -2.22. The Bertz CT molecular complexity index is 996. The van der Waals surface area contributed by atoms with Crippen LogP contribution in [0, 0.1) is 24.0 Å². The van der Waals surface area contributed by atoms with Gasteiger partial charge >= 0.3 is 0 Å². The lowest BCUT2D eigenvalue weighted by molar-refractivity contribution is -0.385. The van der Waals surface area contributed by atoms with Crippen molar-refractivity contribution >= 4 is 34.5 Å². The van der Waals surface area contributed by atoms with E-state index in [1.165, 1.54) is 17.4 Å². The highest BCUT2D eigenvalue weighted by atomic mass is 35.5. The van der Waals surface area contributed by atoms with Crippen molar-refractivity contribution in [2.45, 2.75) is 20.4 Å². The van der Waals surface area contributed by atoms with Crippen molar-refractivity contribution in [1.82, 2.24) is 14.9 Å². The van der Waals surface area contributed by atoms with E-state index < -0.39 is 4.92 Å². The van der Waals surface area contributed by atoms with Crippen molar-refractivity contribution < 1.29 is 9.72 Å². The van der Waals surface area contributed by atoms with Crippen molar-refractivity contribution in [1.29, 1.82) is 0 Å². The number of nitrogens with one attached hydrogen (secondary N) is 1. The second-order valence-corrected chi connectivity index (χ2v) is 7.38. The highest BCUT2D eigenvalue weighted by molar-refractivity contribution is 7.17. The Hall–Kier alpha value is -2.71. The lowest BCUT2D eigenvalue weighted by atomic mass is 10.2. The average Bonchev–Trinajstić information content (AvgIpc) is 3.18. The van der Waals surface area contributed by atoms with Gasteiger partial charge in [-0.05, 0) is 38.1 Å². The summed E-state index contributed by atoms with van der Waals surface area (Å²) in [6.45, 7) is 3.85. The number of aryl methyl sites for hydroxylation is 1. The topological polar surface area (TPSA) is 90.1 Å². The molecule has 2 aromatic heterocycles. The van der Waals surface area contributed by atoms with E-state index in [0.717, 1.165) is 17.1 Å². The molecule has 1 amide bonds. The molecule has 1 aromatic carbocycles. The number of carbonyl (C=O) groups excluding carboxylic acids is 1. The van der Waals surface area contributed by atoms with Crippen molar-refractivity contribution in [3.05, 3.63) is 72.9 Å². The fourth-order valence-corrected chi connectivity index (χ4v) is 3.52. The number of benzene rings is 1. The van der Waals surface area contributed by atoms with Crippen LogP contribution in [0.25, 0.3) is 5.69 Å². The Balaban J connectivity index is 1.77. The Morgan fingerprint density at radius 1 is 1.35 bits per heavy atom. The molecular formula is C17H15ClN4O3S. The normalized spacial score (nSPS) is 10.7. The Morgan fingerprint density at radius 3 is 2.73 bits per heavy atom. The number of hydrogen-bond acceptors (Lipinski definition) is 5. The summed E-state index contributed by atoms with van der Waals surface area (Å²) in [5, 5.41) is 13.8. The first-order valence-electron chi connectivity index (χ1n) is 7.68. The molecule has 134 valence electrons. The summed E-state index contributed by atoms with van der Waals surface area (Å²) in [5.74, 6) is -0.206. The second kappa shape index (κ2) is 7.27. The molecule has 2 heterocycles. The number of aromatic nitrogens is 2. The zero-order chi connectivity index (χ0) is 18.8. The van der Waals surface area contributed by atoms with Crippen LogP contribution in [0.2, 0.25) is 4.34 Å². The number of rotatable bonds is 5. The number of nitrogens with zero attached hydrogens (tertiary/aromatic N) is 3. The molecule has 3 aromatic rings. The predicted molar refractivity (Wildman–Crippen MR) is 100 cm³/mol. The molecule has 0 aliphatic rings. The van der Waals surface area contributed by atoms with Gasteiger partial charge in [0, 0.05) is 23.0 Å². The van der Waals surface area contributed by atoms with E-state index in [9.17, 15) is 14.9 Å². The molecular weight excluding hydrogens is 376 g/mol. The second-order valence-electron chi connectivity index (χ2n) is 5.66. The lowest BCUT2D eigenvalue weighted by Gasteiger charge is -2.08. The first-order valence-corrected chi connectivity index (χ1v) is 8.88. The van der Waals surface area contributed by atoms with Crippen molar-refractivity contribution in [3.63, 3.8) is 0 Å². The quantitative estimate of drug-likeness (QED) is 0.525. The minimum Gasteiger partial charge on any atom is -0.346 e. The van der Waals surface area contributed by atoms with Crippen molar-refractivity contribution in [2.24, 2.45) is 0 Å². The first kappa shape index (κ1) is 18.1.